The molecule has 0 amide bonds. The fourth-order valence-electron chi connectivity index (χ4n) is 6.88. The Bertz CT molecular complexity index is 2730. The zero-order valence-electron chi connectivity index (χ0n) is 40.5. The van der Waals surface area contributed by atoms with Crippen LogP contribution >= 0.6 is 0 Å². The van der Waals surface area contributed by atoms with Crippen molar-refractivity contribution in [2.45, 2.75) is 88.6 Å². The van der Waals surface area contributed by atoms with Crippen molar-refractivity contribution in [3.8, 4) is 23.0 Å². The van der Waals surface area contributed by atoms with Gasteiger partial charge in [-0.25, -0.2) is 21.6 Å². The number of ether oxygens (including phenoxy) is 5. The first-order chi connectivity index (χ1) is 32.1. The van der Waals surface area contributed by atoms with Gasteiger partial charge in [0.15, 0.2) is 5.54 Å². The number of nitrogens with zero attached hydrogens (tertiary/aromatic N) is 6. The first-order valence-corrected chi connectivity index (χ1v) is 24.4. The Morgan fingerprint density at radius 2 is 0.809 bits per heavy atom. The Morgan fingerprint density at radius 3 is 1.07 bits per heavy atom. The molecule has 0 aliphatic rings. The van der Waals surface area contributed by atoms with Gasteiger partial charge in [0, 0.05) is 38.6 Å². The molecule has 68 heavy (non-hydrogen) atoms. The molecule has 2 heterocycles. The highest BCUT2D eigenvalue weighted by atomic mass is 32.2. The average molecular weight is 975 g/mol. The molecule has 2 aromatic heterocycles. The lowest BCUT2D eigenvalue weighted by Crippen LogP contribution is -2.37. The number of aliphatic hydroxyl groups is 1. The molecule has 0 saturated carbocycles. The number of aromatic nitrogens is 4. The van der Waals surface area contributed by atoms with Gasteiger partial charge < -0.3 is 28.8 Å². The van der Waals surface area contributed by atoms with Gasteiger partial charge in [-0.1, -0.05) is 48.5 Å². The van der Waals surface area contributed by atoms with E-state index in [1.807, 2.05) is 48.5 Å². The molecule has 0 fully saturated rings. The molecule has 0 aliphatic carbocycles. The third-order valence-corrected chi connectivity index (χ3v) is 15.1. The molecule has 0 atom stereocenters. The molecule has 6 rings (SSSR count). The van der Waals surface area contributed by atoms with E-state index in [-0.39, 0.29) is 48.3 Å². The lowest BCUT2D eigenvalue weighted by atomic mass is 10.1. The lowest BCUT2D eigenvalue weighted by Gasteiger charge is -2.23. The average Bonchev–Trinajstić information content (AvgIpc) is 3.96. The number of carbonyl (C=O) groups excluding carboxylic acids is 1. The molecule has 0 aliphatic heterocycles. The van der Waals surface area contributed by atoms with E-state index in [1.165, 1.54) is 37.5 Å². The molecule has 0 bridgehead atoms. The number of hydrogen-bond acceptors (Lipinski definition) is 13. The molecule has 4 aromatic carbocycles. The van der Waals surface area contributed by atoms with Crippen LogP contribution in [0.4, 0.5) is 0 Å². The maximum atomic E-state index is 13.9. The van der Waals surface area contributed by atoms with Crippen LogP contribution in [0.2, 0.25) is 0 Å². The summed E-state index contributed by atoms with van der Waals surface area (Å²) in [4.78, 5) is 12.4. The number of rotatable bonds is 20. The molecule has 0 unspecified atom stereocenters. The normalized spacial score (nSPS) is 12.1. The van der Waals surface area contributed by atoms with Crippen LogP contribution in [-0.4, -0.2) is 98.2 Å². The van der Waals surface area contributed by atoms with Crippen LogP contribution in [-0.2, 0) is 66.8 Å². The van der Waals surface area contributed by atoms with Gasteiger partial charge in [0.05, 0.1) is 59.1 Å². The molecular weight excluding hydrogens is 913 g/mol. The highest BCUT2D eigenvalue weighted by Crippen LogP contribution is 2.29. The quantitative estimate of drug-likeness (QED) is 0.0783. The van der Waals surface area contributed by atoms with Crippen LogP contribution in [0.3, 0.4) is 0 Å². The number of aliphatic hydroxyl groups excluding tert-OH is 1. The zero-order valence-corrected chi connectivity index (χ0v) is 42.1. The van der Waals surface area contributed by atoms with Crippen molar-refractivity contribution < 1.29 is 50.4 Å². The van der Waals surface area contributed by atoms with E-state index in [2.05, 4.69) is 10.2 Å². The number of carbonyl (C=O) groups is 1. The van der Waals surface area contributed by atoms with Crippen LogP contribution in [0, 0.1) is 13.8 Å². The van der Waals surface area contributed by atoms with Gasteiger partial charge in [0.2, 0.25) is 20.0 Å². The Hall–Kier alpha value is -6.25. The summed E-state index contributed by atoms with van der Waals surface area (Å²) in [5, 5.41) is 18.4. The van der Waals surface area contributed by atoms with E-state index in [9.17, 15) is 26.7 Å². The number of benzene rings is 4. The first kappa shape index (κ1) is 52.7. The van der Waals surface area contributed by atoms with Gasteiger partial charge in [-0.3, -0.25) is 9.36 Å². The van der Waals surface area contributed by atoms with E-state index in [1.54, 1.807) is 119 Å². The highest BCUT2D eigenvalue weighted by Gasteiger charge is 2.36. The molecule has 366 valence electrons. The smallest absolute Gasteiger partial charge is 0.333 e. The van der Waals surface area contributed by atoms with Gasteiger partial charge in [-0.05, 0) is 112 Å². The molecule has 1 N–H and O–H groups in total. The summed E-state index contributed by atoms with van der Waals surface area (Å²) in [7, 11) is -0.292. The molecule has 6 aromatic rings. The second-order valence-corrected chi connectivity index (χ2v) is 20.8. The largest absolute Gasteiger partial charge is 0.497 e. The number of aryl methyl sites for hydroxylation is 2. The van der Waals surface area contributed by atoms with Crippen molar-refractivity contribution in [3.05, 3.63) is 143 Å². The van der Waals surface area contributed by atoms with Gasteiger partial charge in [0.1, 0.15) is 32.8 Å². The molecule has 0 saturated heterocycles. The van der Waals surface area contributed by atoms with Gasteiger partial charge in [-0.2, -0.15) is 18.8 Å². The highest BCUT2D eigenvalue weighted by molar-refractivity contribution is 7.89. The summed E-state index contributed by atoms with van der Waals surface area (Å²) in [6, 6.07) is 29.1. The second kappa shape index (κ2) is 22.2. The van der Waals surface area contributed by atoms with Crippen LogP contribution in [0.25, 0.3) is 0 Å². The van der Waals surface area contributed by atoms with E-state index in [0.717, 1.165) is 22.3 Å². The standard InChI is InChI=1S/C25H31N3O6S.C24H31N3O5S/c1-18-23(17-28(26-18)25(2,3)24(29)34-6)35(30,31)27(15-19-7-11-21(32-4)12-8-19)16-20-9-13-22(33-5)14-10-20;1-18-23(16-27(25-18)24(2,3)17-28)33(29,30)26(14-19-6-10-21(31-4)11-7-19)15-20-8-12-22(32-5)13-9-20/h7-14,17H,15-16H2,1-6H3;6-13,16,28H,14-15,17H2,1-5H3. The van der Waals surface area contributed by atoms with E-state index >= 15 is 0 Å². The monoisotopic (exact) mass is 974 g/mol. The predicted molar refractivity (Wildman–Crippen MR) is 257 cm³/mol. The lowest BCUT2D eigenvalue weighted by molar-refractivity contribution is -0.150. The first-order valence-electron chi connectivity index (χ1n) is 21.5. The minimum absolute atomic E-state index is 0.0245. The maximum absolute atomic E-state index is 13.9. The topological polar surface area (TPSA) is 194 Å². The van der Waals surface area contributed by atoms with Crippen molar-refractivity contribution in [3.63, 3.8) is 0 Å². The van der Waals surface area contributed by atoms with Crippen molar-refractivity contribution >= 4 is 26.0 Å². The zero-order chi connectivity index (χ0) is 50.0. The summed E-state index contributed by atoms with van der Waals surface area (Å²) in [5.41, 5.74) is 2.01. The number of hydrogen-bond donors (Lipinski definition) is 1. The third-order valence-electron chi connectivity index (χ3n) is 11.3. The fraction of sp³-hybridized carbons (Fsp3) is 0.367. The van der Waals surface area contributed by atoms with Crippen molar-refractivity contribution in [1.82, 2.24) is 28.2 Å². The van der Waals surface area contributed by atoms with Crippen molar-refractivity contribution in [2.75, 3.05) is 42.2 Å². The van der Waals surface area contributed by atoms with Gasteiger partial charge in [0.25, 0.3) is 0 Å². The molecular formula is C49H62N6O11S2. The van der Waals surface area contributed by atoms with Crippen molar-refractivity contribution in [1.29, 1.82) is 0 Å². The fourth-order valence-corrected chi connectivity index (χ4v) is 10.0. The summed E-state index contributed by atoms with van der Waals surface area (Å²) in [5.74, 6) is 2.23. The summed E-state index contributed by atoms with van der Waals surface area (Å²) in [6.45, 7) is 10.5. The summed E-state index contributed by atoms with van der Waals surface area (Å²) < 4.78 is 86.8. The van der Waals surface area contributed by atoms with Crippen molar-refractivity contribution in [2.24, 2.45) is 0 Å². The van der Waals surface area contributed by atoms with Gasteiger partial charge in [-0.15, -0.1) is 0 Å². The SMILES string of the molecule is COC(=O)C(C)(C)n1cc(S(=O)(=O)N(Cc2ccc(OC)cc2)Cc2ccc(OC)cc2)c(C)n1.COc1ccc(CN(Cc2ccc(OC)cc2)S(=O)(=O)c2cn(C(C)(C)CO)nc2C)cc1. The summed E-state index contributed by atoms with van der Waals surface area (Å²) >= 11 is 0. The Labute approximate surface area is 399 Å². The maximum Gasteiger partial charge on any atom is 0.333 e. The van der Waals surface area contributed by atoms with Crippen LogP contribution < -0.4 is 18.9 Å². The number of sulfonamides is 2. The van der Waals surface area contributed by atoms with E-state index in [0.29, 0.717) is 28.7 Å². The minimum Gasteiger partial charge on any atom is -0.497 e. The Morgan fingerprint density at radius 1 is 0.529 bits per heavy atom. The summed E-state index contributed by atoms with van der Waals surface area (Å²) in [6.07, 6.45) is 2.88. The Kier molecular flexibility index (Phi) is 17.2. The minimum atomic E-state index is -4.00. The number of esters is 1. The van der Waals surface area contributed by atoms with E-state index in [4.69, 9.17) is 23.7 Å². The predicted octanol–water partition coefficient (Wildman–Crippen LogP) is 6.84. The molecule has 0 radical (unpaired) electrons. The molecule has 17 nitrogen and oxygen atoms in total. The van der Waals surface area contributed by atoms with Crippen LogP contribution in [0.5, 0.6) is 23.0 Å². The number of methoxy groups -OCH3 is 5. The molecule has 19 heteroatoms. The van der Waals surface area contributed by atoms with E-state index < -0.39 is 37.1 Å². The second-order valence-electron chi connectivity index (χ2n) is 17.0. The third kappa shape index (κ3) is 12.4. The van der Waals surface area contributed by atoms with Gasteiger partial charge >= 0.3 is 5.97 Å². The van der Waals surface area contributed by atoms with Crippen LogP contribution in [0.1, 0.15) is 61.3 Å². The Balaban J connectivity index is 0.000000255. The van der Waals surface area contributed by atoms with Crippen LogP contribution in [0.15, 0.2) is 119 Å². The molecule has 0 spiro atoms.